The number of ether oxygens (including phenoxy) is 2. The number of esters is 1. The number of aliphatic imine (C=N–C) groups is 1. The fourth-order valence-corrected chi connectivity index (χ4v) is 4.25. The molecule has 2 aromatic rings. The van der Waals surface area contributed by atoms with Gasteiger partial charge >= 0.3 is 12.1 Å². The number of nitrogens with one attached hydrogen (secondary N) is 1. The lowest BCUT2D eigenvalue weighted by Gasteiger charge is -2.41. The average Bonchev–Trinajstić information content (AvgIpc) is 2.84. The Morgan fingerprint density at radius 1 is 1.14 bits per heavy atom. The first kappa shape index (κ1) is 27.6. The molecular weight excluding hydrogens is 476 g/mol. The van der Waals surface area contributed by atoms with Gasteiger partial charge in [0.05, 0.1) is 0 Å². The Kier molecular flexibility index (Phi) is 8.86. The van der Waals surface area contributed by atoms with Gasteiger partial charge in [0.1, 0.15) is 23.9 Å². The highest BCUT2D eigenvalue weighted by atomic mass is 16.6. The van der Waals surface area contributed by atoms with Crippen LogP contribution in [-0.4, -0.2) is 47.6 Å². The number of pyridine rings is 1. The molecular formula is C27H34N4O6. The Hall–Kier alpha value is -3.95. The Balaban J connectivity index is 1.85. The monoisotopic (exact) mass is 510 g/mol. The summed E-state index contributed by atoms with van der Waals surface area (Å²) in [7, 11) is 0. The summed E-state index contributed by atoms with van der Waals surface area (Å²) in [6, 6.07) is 11.6. The largest absolute Gasteiger partial charge is 0.458 e. The molecule has 1 aromatic carbocycles. The molecule has 10 nitrogen and oxygen atoms in total. The number of aromatic nitrogens is 1. The molecule has 2 unspecified atom stereocenters. The van der Waals surface area contributed by atoms with Crippen LogP contribution < -0.4 is 15.9 Å². The number of amides is 2. The van der Waals surface area contributed by atoms with Gasteiger partial charge in [-0.25, -0.2) is 19.3 Å². The minimum absolute atomic E-state index is 0.0137. The third-order valence-corrected chi connectivity index (χ3v) is 5.96. The number of carbonyl (C=O) groups is 3. The molecule has 37 heavy (non-hydrogen) atoms. The summed E-state index contributed by atoms with van der Waals surface area (Å²) < 4.78 is 12.3. The van der Waals surface area contributed by atoms with Crippen molar-refractivity contribution in [2.45, 2.75) is 65.2 Å². The van der Waals surface area contributed by atoms with Crippen LogP contribution in [0, 0.1) is 12.8 Å². The van der Waals surface area contributed by atoms with E-state index in [0.717, 1.165) is 5.56 Å². The first-order valence-corrected chi connectivity index (χ1v) is 12.2. The van der Waals surface area contributed by atoms with Crippen LogP contribution in [0.15, 0.2) is 52.3 Å². The maximum atomic E-state index is 13.5. The molecule has 2 amide bonds. The molecule has 0 saturated carbocycles. The molecule has 0 aliphatic carbocycles. The van der Waals surface area contributed by atoms with E-state index in [1.165, 1.54) is 10.7 Å². The van der Waals surface area contributed by atoms with Crippen LogP contribution in [0.4, 0.5) is 10.5 Å². The van der Waals surface area contributed by atoms with Crippen molar-refractivity contribution in [2.24, 2.45) is 10.9 Å². The zero-order valence-electron chi connectivity index (χ0n) is 21.7. The number of benzene rings is 1. The normalized spacial score (nSPS) is 17.6. The summed E-state index contributed by atoms with van der Waals surface area (Å²) >= 11 is 0. The average molecular weight is 511 g/mol. The summed E-state index contributed by atoms with van der Waals surface area (Å²) in [5, 5.41) is 4.16. The van der Waals surface area contributed by atoms with E-state index in [9.17, 15) is 19.2 Å². The van der Waals surface area contributed by atoms with E-state index >= 15 is 0 Å². The van der Waals surface area contributed by atoms with Gasteiger partial charge in [0.2, 0.25) is 5.91 Å². The predicted molar refractivity (Wildman–Crippen MR) is 140 cm³/mol. The van der Waals surface area contributed by atoms with Crippen molar-refractivity contribution in [2.75, 3.05) is 16.9 Å². The van der Waals surface area contributed by atoms with Crippen molar-refractivity contribution in [3.63, 3.8) is 0 Å². The molecule has 1 aliphatic rings. The van der Waals surface area contributed by atoms with Gasteiger partial charge in [-0.3, -0.25) is 19.9 Å². The van der Waals surface area contributed by atoms with E-state index in [1.807, 2.05) is 30.3 Å². The zero-order chi connectivity index (χ0) is 27.2. The SMILES string of the molecule is C=NC(=O)CC1CCN(n2c(C)ccc(NC(=O)OCc3ccccc3)c2=O)C(C(=O)OC(C)(C)C)C1. The number of nitrogens with zero attached hydrogens (tertiary/aromatic N) is 3. The van der Waals surface area contributed by atoms with Gasteiger partial charge in [0.15, 0.2) is 0 Å². The van der Waals surface area contributed by atoms with Crippen molar-refractivity contribution < 1.29 is 23.9 Å². The summed E-state index contributed by atoms with van der Waals surface area (Å²) in [6.07, 6.45) is 0.260. The highest BCUT2D eigenvalue weighted by Crippen LogP contribution is 2.27. The molecule has 1 aliphatic heterocycles. The van der Waals surface area contributed by atoms with Crippen molar-refractivity contribution in [3.05, 3.63) is 64.1 Å². The molecule has 10 heteroatoms. The van der Waals surface area contributed by atoms with Crippen LogP contribution in [0.5, 0.6) is 0 Å². The minimum atomic E-state index is -0.813. The number of anilines is 1. The Labute approximate surface area is 216 Å². The standard InChI is InChI=1S/C27H34N4O6/c1-18-11-12-21(29-26(35)36-17-19-9-7-6-8-10-19)24(33)31(18)30-14-13-20(16-23(32)28-5)15-22(30)25(34)37-27(2,3)4/h6-12,20,22H,5,13-17H2,1-4H3,(H,29,35). The van der Waals surface area contributed by atoms with E-state index < -0.39 is 29.3 Å². The van der Waals surface area contributed by atoms with Gasteiger partial charge in [-0.15, -0.1) is 0 Å². The molecule has 1 fully saturated rings. The van der Waals surface area contributed by atoms with E-state index in [0.29, 0.717) is 25.1 Å². The van der Waals surface area contributed by atoms with Crippen LogP contribution in [0.2, 0.25) is 0 Å². The Morgan fingerprint density at radius 3 is 2.49 bits per heavy atom. The lowest BCUT2D eigenvalue weighted by molar-refractivity contribution is -0.158. The summed E-state index contributed by atoms with van der Waals surface area (Å²) in [6.45, 7) is 10.7. The van der Waals surface area contributed by atoms with Crippen molar-refractivity contribution >= 4 is 30.4 Å². The zero-order valence-corrected chi connectivity index (χ0v) is 21.7. The highest BCUT2D eigenvalue weighted by molar-refractivity contribution is 5.84. The van der Waals surface area contributed by atoms with Crippen molar-refractivity contribution in [1.29, 1.82) is 0 Å². The molecule has 1 N–H and O–H groups in total. The number of piperidine rings is 1. The first-order valence-electron chi connectivity index (χ1n) is 12.2. The van der Waals surface area contributed by atoms with E-state index in [-0.39, 0.29) is 30.5 Å². The van der Waals surface area contributed by atoms with Crippen molar-refractivity contribution in [1.82, 2.24) is 4.68 Å². The lowest BCUT2D eigenvalue weighted by Crippen LogP contribution is -2.58. The molecule has 2 heterocycles. The van der Waals surface area contributed by atoms with Crippen molar-refractivity contribution in [3.8, 4) is 0 Å². The summed E-state index contributed by atoms with van der Waals surface area (Å²) in [5.74, 6) is -0.949. The summed E-state index contributed by atoms with van der Waals surface area (Å²) in [4.78, 5) is 54.4. The van der Waals surface area contributed by atoms with E-state index in [4.69, 9.17) is 9.47 Å². The number of hydrogen-bond acceptors (Lipinski definition) is 7. The van der Waals surface area contributed by atoms with Crippen LogP contribution >= 0.6 is 0 Å². The van der Waals surface area contributed by atoms with Gasteiger partial charge in [-0.1, -0.05) is 30.3 Å². The Morgan fingerprint density at radius 2 is 1.84 bits per heavy atom. The molecule has 1 saturated heterocycles. The fourth-order valence-electron chi connectivity index (χ4n) is 4.25. The van der Waals surface area contributed by atoms with Crippen LogP contribution in [0.25, 0.3) is 0 Å². The lowest BCUT2D eigenvalue weighted by atomic mass is 9.89. The van der Waals surface area contributed by atoms with Gasteiger partial charge in [0.25, 0.3) is 5.56 Å². The third-order valence-electron chi connectivity index (χ3n) is 5.96. The van der Waals surface area contributed by atoms with Gasteiger partial charge in [-0.05, 0) is 70.9 Å². The van der Waals surface area contributed by atoms with Gasteiger partial charge < -0.3 is 9.47 Å². The first-order chi connectivity index (χ1) is 17.5. The van der Waals surface area contributed by atoms with Crippen LogP contribution in [-0.2, 0) is 25.7 Å². The Bertz CT molecular complexity index is 1200. The topological polar surface area (TPSA) is 119 Å². The highest BCUT2D eigenvalue weighted by Gasteiger charge is 2.38. The molecule has 2 atom stereocenters. The summed E-state index contributed by atoms with van der Waals surface area (Å²) in [5.41, 5.74) is 0.156. The van der Waals surface area contributed by atoms with E-state index in [1.54, 1.807) is 38.8 Å². The predicted octanol–water partition coefficient (Wildman–Crippen LogP) is 3.58. The van der Waals surface area contributed by atoms with Gasteiger partial charge in [0, 0.05) is 18.7 Å². The van der Waals surface area contributed by atoms with Gasteiger partial charge in [-0.2, -0.15) is 0 Å². The molecule has 1 aromatic heterocycles. The molecule has 3 rings (SSSR count). The molecule has 198 valence electrons. The second-order valence-electron chi connectivity index (χ2n) is 10.1. The minimum Gasteiger partial charge on any atom is -0.458 e. The van der Waals surface area contributed by atoms with Crippen LogP contribution in [0.1, 0.15) is 51.3 Å². The molecule has 0 bridgehead atoms. The molecule has 0 spiro atoms. The van der Waals surface area contributed by atoms with Crippen LogP contribution in [0.3, 0.4) is 0 Å². The number of hydrogen-bond donors (Lipinski definition) is 1. The second kappa shape index (κ2) is 11.9. The quantitative estimate of drug-likeness (QED) is 0.447. The maximum Gasteiger partial charge on any atom is 0.412 e. The maximum absolute atomic E-state index is 13.5. The van der Waals surface area contributed by atoms with E-state index in [2.05, 4.69) is 17.0 Å². The number of aryl methyl sites for hydroxylation is 1. The third kappa shape index (κ3) is 7.52. The number of rotatable bonds is 7. The second-order valence-corrected chi connectivity index (χ2v) is 10.1. The molecule has 0 radical (unpaired) electrons. The fraction of sp³-hybridized carbons (Fsp3) is 0.444. The number of carbonyl (C=O) groups excluding carboxylic acids is 3. The smallest absolute Gasteiger partial charge is 0.412 e.